The third-order valence-electron chi connectivity index (χ3n) is 5.74. The van der Waals surface area contributed by atoms with Crippen molar-refractivity contribution in [1.29, 1.82) is 0 Å². The predicted octanol–water partition coefficient (Wildman–Crippen LogP) is 4.70. The number of carbonyl (C=O) groups is 1. The Bertz CT molecular complexity index is 1290. The molecule has 8 heteroatoms. The lowest BCUT2D eigenvalue weighted by molar-refractivity contribution is 0.0937. The highest BCUT2D eigenvalue weighted by atomic mass is 16.4. The van der Waals surface area contributed by atoms with E-state index in [0.29, 0.717) is 28.6 Å². The Kier molecular flexibility index (Phi) is 7.00. The number of hydrogen-bond acceptors (Lipinski definition) is 4. The number of pyridine rings is 1. The van der Waals surface area contributed by atoms with Gasteiger partial charge in [-0.2, -0.15) is 0 Å². The van der Waals surface area contributed by atoms with Crippen LogP contribution in [0.15, 0.2) is 58.5 Å². The smallest absolute Gasteiger partial charge is 0.408 e. The molecule has 8 nitrogen and oxygen atoms in total. The molecule has 3 aromatic rings. The zero-order valence-corrected chi connectivity index (χ0v) is 20.2. The predicted molar refractivity (Wildman–Crippen MR) is 134 cm³/mol. The fourth-order valence-corrected chi connectivity index (χ4v) is 4.10. The molecule has 0 saturated heterocycles. The van der Waals surface area contributed by atoms with Crippen LogP contribution in [0.2, 0.25) is 0 Å². The van der Waals surface area contributed by atoms with Crippen LogP contribution in [0, 0.1) is 5.92 Å². The van der Waals surface area contributed by atoms with Crippen LogP contribution in [0.1, 0.15) is 45.9 Å². The van der Waals surface area contributed by atoms with Crippen molar-refractivity contribution < 1.29 is 15.1 Å². The van der Waals surface area contributed by atoms with Crippen molar-refractivity contribution in [3.63, 3.8) is 0 Å². The summed E-state index contributed by atoms with van der Waals surface area (Å²) in [7, 11) is 0. The minimum Gasteiger partial charge on any atom is -0.465 e. The second-order valence-electron chi connectivity index (χ2n) is 9.78. The highest BCUT2D eigenvalue weighted by Crippen LogP contribution is 2.33. The van der Waals surface area contributed by atoms with E-state index >= 15 is 0 Å². The Balaban J connectivity index is 2.51. The van der Waals surface area contributed by atoms with Gasteiger partial charge in [-0.05, 0) is 49.8 Å². The topological polar surface area (TPSA) is 121 Å². The zero-order chi connectivity index (χ0) is 25.2. The van der Waals surface area contributed by atoms with Crippen molar-refractivity contribution in [2.75, 3.05) is 0 Å². The number of fused-ring (bicyclic) bond motifs is 1. The van der Waals surface area contributed by atoms with E-state index in [9.17, 15) is 19.9 Å². The first-order chi connectivity index (χ1) is 16.0. The average molecular weight is 465 g/mol. The minimum absolute atomic E-state index is 0.0226. The molecule has 0 aliphatic heterocycles. The van der Waals surface area contributed by atoms with E-state index in [0.717, 1.165) is 11.1 Å². The zero-order valence-electron chi connectivity index (χ0n) is 20.2. The molecule has 0 unspecified atom stereocenters. The summed E-state index contributed by atoms with van der Waals surface area (Å²) < 4.78 is 1.69. The van der Waals surface area contributed by atoms with Crippen LogP contribution in [-0.4, -0.2) is 37.2 Å². The summed E-state index contributed by atoms with van der Waals surface area (Å²) in [5.74, 6) is 0.0811. The second-order valence-corrected chi connectivity index (χ2v) is 9.78. The molecule has 1 aromatic heterocycles. The third kappa shape index (κ3) is 4.90. The Morgan fingerprint density at radius 1 is 1.12 bits per heavy atom. The summed E-state index contributed by atoms with van der Waals surface area (Å²) in [6.45, 7) is 9.97. The summed E-state index contributed by atoms with van der Waals surface area (Å²) in [5.41, 5.74) is 7.62. The fraction of sp³-hybridized carbons (Fsp3) is 0.346. The maximum atomic E-state index is 13.7. The standard InChI is InChI=1S/C26H32N4O4/c1-16(2)14-29-21(15-30(25(32)33)26(3,4)5)22(17-9-7-6-8-10-17)20-13-18(23(27)28-34)11-12-19(20)24(29)31/h6-13,16,34H,14-15H2,1-5H3,(H2,27,28)(H,32,33). The number of amidine groups is 1. The average Bonchev–Trinajstić information content (AvgIpc) is 2.78. The molecule has 0 radical (unpaired) electrons. The van der Waals surface area contributed by atoms with E-state index in [1.807, 2.05) is 65.0 Å². The first kappa shape index (κ1) is 24.8. The molecule has 4 N–H and O–H groups in total. The number of benzene rings is 2. The van der Waals surface area contributed by atoms with Gasteiger partial charge in [-0.25, -0.2) is 4.79 Å². The monoisotopic (exact) mass is 464 g/mol. The number of rotatable bonds is 6. The molecule has 1 heterocycles. The normalized spacial score (nSPS) is 12.4. The van der Waals surface area contributed by atoms with Gasteiger partial charge in [0, 0.05) is 34.3 Å². The molecular weight excluding hydrogens is 432 g/mol. The van der Waals surface area contributed by atoms with Crippen molar-refractivity contribution in [1.82, 2.24) is 9.47 Å². The van der Waals surface area contributed by atoms with Gasteiger partial charge in [0.2, 0.25) is 0 Å². The van der Waals surface area contributed by atoms with E-state index in [1.54, 1.807) is 22.8 Å². The molecule has 0 aliphatic rings. The van der Waals surface area contributed by atoms with E-state index in [4.69, 9.17) is 5.73 Å². The van der Waals surface area contributed by atoms with Crippen LogP contribution in [0.3, 0.4) is 0 Å². The summed E-state index contributed by atoms with van der Waals surface area (Å²) in [4.78, 5) is 27.3. The van der Waals surface area contributed by atoms with Gasteiger partial charge in [-0.15, -0.1) is 0 Å². The van der Waals surface area contributed by atoms with Crippen LogP contribution in [0.25, 0.3) is 21.9 Å². The molecular formula is C26H32N4O4. The molecule has 0 fully saturated rings. The maximum Gasteiger partial charge on any atom is 0.408 e. The first-order valence-electron chi connectivity index (χ1n) is 11.2. The lowest BCUT2D eigenvalue weighted by Crippen LogP contribution is -2.45. The Morgan fingerprint density at radius 2 is 1.76 bits per heavy atom. The number of aromatic nitrogens is 1. The highest BCUT2D eigenvalue weighted by Gasteiger charge is 2.30. The highest BCUT2D eigenvalue weighted by molar-refractivity contribution is 6.04. The number of amides is 1. The van der Waals surface area contributed by atoms with Crippen molar-refractivity contribution >= 4 is 22.7 Å². The second kappa shape index (κ2) is 9.59. The van der Waals surface area contributed by atoms with Gasteiger partial charge in [0.15, 0.2) is 5.84 Å². The third-order valence-corrected chi connectivity index (χ3v) is 5.74. The molecule has 3 rings (SSSR count). The molecule has 0 bridgehead atoms. The molecule has 34 heavy (non-hydrogen) atoms. The number of nitrogens with two attached hydrogens (primary N) is 1. The SMILES string of the molecule is CC(C)Cn1c(CN(C(=O)O)C(C)(C)C)c(-c2ccccc2)c2cc(C(N)=NO)ccc2c1=O. The Labute approximate surface area is 198 Å². The minimum atomic E-state index is -1.07. The Hall–Kier alpha value is -3.81. The lowest BCUT2D eigenvalue weighted by atomic mass is 9.94. The number of carboxylic acid groups (broad SMARTS) is 1. The van der Waals surface area contributed by atoms with Gasteiger partial charge in [0.05, 0.1) is 6.54 Å². The fourth-order valence-electron chi connectivity index (χ4n) is 4.10. The van der Waals surface area contributed by atoms with E-state index in [2.05, 4.69) is 5.16 Å². The van der Waals surface area contributed by atoms with E-state index in [1.165, 1.54) is 4.90 Å². The number of nitrogens with zero attached hydrogens (tertiary/aromatic N) is 3. The Morgan fingerprint density at radius 3 is 2.29 bits per heavy atom. The lowest BCUT2D eigenvalue weighted by Gasteiger charge is -2.35. The summed E-state index contributed by atoms with van der Waals surface area (Å²) in [6.07, 6.45) is -1.07. The van der Waals surface area contributed by atoms with Crippen LogP contribution in [-0.2, 0) is 13.1 Å². The number of oxime groups is 1. The molecule has 0 atom stereocenters. The van der Waals surface area contributed by atoms with Crippen LogP contribution >= 0.6 is 0 Å². The summed E-state index contributed by atoms with van der Waals surface area (Å²) in [5, 5.41) is 23.4. The van der Waals surface area contributed by atoms with Gasteiger partial charge < -0.3 is 20.6 Å². The number of hydrogen-bond donors (Lipinski definition) is 3. The van der Waals surface area contributed by atoms with Crippen molar-refractivity contribution in [3.05, 3.63) is 70.1 Å². The molecule has 0 aliphatic carbocycles. The van der Waals surface area contributed by atoms with Gasteiger partial charge in [-0.1, -0.05) is 55.4 Å². The van der Waals surface area contributed by atoms with Crippen LogP contribution in [0.4, 0.5) is 4.79 Å². The largest absolute Gasteiger partial charge is 0.465 e. The maximum absolute atomic E-state index is 13.7. The van der Waals surface area contributed by atoms with E-state index in [-0.39, 0.29) is 23.9 Å². The first-order valence-corrected chi connectivity index (χ1v) is 11.2. The van der Waals surface area contributed by atoms with Gasteiger partial charge in [0.25, 0.3) is 5.56 Å². The van der Waals surface area contributed by atoms with Crippen LogP contribution in [0.5, 0.6) is 0 Å². The molecule has 0 spiro atoms. The van der Waals surface area contributed by atoms with Gasteiger partial charge in [-0.3, -0.25) is 9.69 Å². The van der Waals surface area contributed by atoms with Gasteiger partial charge >= 0.3 is 6.09 Å². The van der Waals surface area contributed by atoms with Crippen LogP contribution < -0.4 is 11.3 Å². The van der Waals surface area contributed by atoms with Crippen molar-refractivity contribution in [2.45, 2.75) is 53.2 Å². The summed E-state index contributed by atoms with van der Waals surface area (Å²) >= 11 is 0. The molecule has 2 aromatic carbocycles. The molecule has 1 amide bonds. The molecule has 0 saturated carbocycles. The van der Waals surface area contributed by atoms with Crippen molar-refractivity contribution in [3.8, 4) is 11.1 Å². The van der Waals surface area contributed by atoms with Gasteiger partial charge in [0.1, 0.15) is 0 Å². The molecule has 180 valence electrons. The van der Waals surface area contributed by atoms with Crippen molar-refractivity contribution in [2.24, 2.45) is 16.8 Å². The van der Waals surface area contributed by atoms with E-state index < -0.39 is 11.6 Å². The summed E-state index contributed by atoms with van der Waals surface area (Å²) in [6, 6.07) is 14.6. The quantitative estimate of drug-likeness (QED) is 0.211.